The average molecular weight is 367 g/mol. The fourth-order valence-electron chi connectivity index (χ4n) is 1.70. The van der Waals surface area contributed by atoms with E-state index in [9.17, 15) is 18.8 Å². The Morgan fingerprint density at radius 3 is 2.52 bits per heavy atom. The number of ether oxygens (including phenoxy) is 2. The first kappa shape index (κ1) is 19.0. The summed E-state index contributed by atoms with van der Waals surface area (Å²) in [6.07, 6.45) is -1.10. The fourth-order valence-corrected chi connectivity index (χ4v) is 2.11. The Morgan fingerprint density at radius 1 is 1.39 bits per heavy atom. The molecule has 0 radical (unpaired) electrons. The van der Waals surface area contributed by atoms with Crippen LogP contribution >= 0.6 is 23.2 Å². The number of benzene rings is 1. The van der Waals surface area contributed by atoms with Crippen molar-refractivity contribution in [3.05, 3.63) is 34.6 Å². The highest BCUT2D eigenvalue weighted by Crippen LogP contribution is 2.31. The molecule has 23 heavy (non-hydrogen) atoms. The second-order valence-corrected chi connectivity index (χ2v) is 4.75. The first-order valence-electron chi connectivity index (χ1n) is 6.27. The Bertz CT molecular complexity index is 594. The quantitative estimate of drug-likeness (QED) is 0.383. The van der Waals surface area contributed by atoms with E-state index in [0.717, 1.165) is 13.2 Å². The summed E-state index contributed by atoms with van der Waals surface area (Å²) in [4.78, 5) is 35.1. The molecule has 7 nitrogen and oxygen atoms in total. The predicted octanol–water partition coefficient (Wildman–Crippen LogP) is 3.02. The molecule has 0 aliphatic carbocycles. The molecule has 0 fully saturated rings. The van der Waals surface area contributed by atoms with Crippen LogP contribution in [0.3, 0.4) is 0 Å². The van der Waals surface area contributed by atoms with Gasteiger partial charge in [-0.25, -0.2) is 24.4 Å². The van der Waals surface area contributed by atoms with E-state index in [0.29, 0.717) is 5.01 Å². The molecule has 0 spiro atoms. The first-order valence-corrected chi connectivity index (χ1v) is 7.02. The topological polar surface area (TPSA) is 84.9 Å². The van der Waals surface area contributed by atoms with Crippen molar-refractivity contribution < 1.29 is 28.2 Å². The summed E-state index contributed by atoms with van der Waals surface area (Å²) >= 11 is 11.3. The van der Waals surface area contributed by atoms with Gasteiger partial charge in [-0.2, -0.15) is 0 Å². The molecule has 1 aromatic carbocycles. The van der Waals surface area contributed by atoms with E-state index in [1.807, 2.05) is 5.43 Å². The summed E-state index contributed by atoms with van der Waals surface area (Å²) in [6, 6.07) is 1.92. The van der Waals surface area contributed by atoms with Crippen LogP contribution < -0.4 is 5.43 Å². The highest BCUT2D eigenvalue weighted by Gasteiger charge is 2.37. The molecule has 126 valence electrons. The highest BCUT2D eigenvalue weighted by atomic mass is 35.5. The summed E-state index contributed by atoms with van der Waals surface area (Å²) < 4.78 is 23.3. The number of hydrogen-bond donors (Lipinski definition) is 1. The van der Waals surface area contributed by atoms with Crippen molar-refractivity contribution in [3.63, 3.8) is 0 Å². The fraction of sp³-hybridized carbons (Fsp3) is 0.308. The van der Waals surface area contributed by atoms with Crippen molar-refractivity contribution in [1.82, 2.24) is 10.4 Å². The van der Waals surface area contributed by atoms with Crippen LogP contribution in [-0.4, -0.2) is 36.2 Å². The molecule has 0 saturated carbocycles. The molecule has 10 heteroatoms. The molecule has 1 N–H and O–H groups in total. The van der Waals surface area contributed by atoms with Crippen molar-refractivity contribution in [3.8, 4) is 0 Å². The second-order valence-electron chi connectivity index (χ2n) is 4.02. The van der Waals surface area contributed by atoms with Crippen LogP contribution in [0.15, 0.2) is 18.2 Å². The molecule has 2 amide bonds. The number of carbonyl (C=O) groups is 3. The Kier molecular flexibility index (Phi) is 7.05. The van der Waals surface area contributed by atoms with Gasteiger partial charge in [-0.3, -0.25) is 4.79 Å². The molecule has 0 aromatic heterocycles. The number of rotatable bonds is 4. The van der Waals surface area contributed by atoms with Crippen molar-refractivity contribution in [2.45, 2.75) is 13.0 Å². The second kappa shape index (κ2) is 8.54. The molecule has 1 atom stereocenters. The Morgan fingerprint density at radius 2 is 2.04 bits per heavy atom. The predicted molar refractivity (Wildman–Crippen MR) is 79.4 cm³/mol. The molecule has 1 aromatic rings. The van der Waals surface area contributed by atoms with Crippen molar-refractivity contribution in [2.24, 2.45) is 0 Å². The van der Waals surface area contributed by atoms with Gasteiger partial charge in [0.2, 0.25) is 0 Å². The number of amides is 2. The lowest BCUT2D eigenvalue weighted by atomic mass is 10.1. The van der Waals surface area contributed by atoms with Crippen LogP contribution in [0.1, 0.15) is 18.5 Å². The molecule has 0 aliphatic heterocycles. The maximum absolute atomic E-state index is 14.1. The number of hydrogen-bond acceptors (Lipinski definition) is 5. The van der Waals surface area contributed by atoms with Gasteiger partial charge in [0.05, 0.1) is 13.7 Å². The summed E-state index contributed by atoms with van der Waals surface area (Å²) in [5.41, 5.74) is 1.55. The summed E-state index contributed by atoms with van der Waals surface area (Å²) in [7, 11) is 1.03. The van der Waals surface area contributed by atoms with Crippen LogP contribution in [0.5, 0.6) is 0 Å². The van der Waals surface area contributed by atoms with Crippen molar-refractivity contribution >= 4 is 40.6 Å². The Hall–Kier alpha value is -2.06. The number of hydrazine groups is 1. The van der Waals surface area contributed by atoms with Crippen LogP contribution in [0.25, 0.3) is 0 Å². The van der Waals surface area contributed by atoms with Crippen molar-refractivity contribution in [2.75, 3.05) is 13.7 Å². The van der Waals surface area contributed by atoms with Gasteiger partial charge in [-0.05, 0) is 30.7 Å². The van der Waals surface area contributed by atoms with Gasteiger partial charge < -0.3 is 9.47 Å². The minimum atomic E-state index is -1.73. The number of nitrogens with one attached hydrogen (secondary N) is 1. The lowest BCUT2D eigenvalue weighted by Crippen LogP contribution is -2.49. The zero-order valence-electron chi connectivity index (χ0n) is 12.1. The van der Waals surface area contributed by atoms with E-state index in [1.165, 1.54) is 19.1 Å². The van der Waals surface area contributed by atoms with Gasteiger partial charge in [-0.1, -0.05) is 17.7 Å². The molecular weight excluding hydrogens is 354 g/mol. The average Bonchev–Trinajstić information content (AvgIpc) is 2.49. The molecule has 1 unspecified atom stereocenters. The zero-order valence-corrected chi connectivity index (χ0v) is 13.7. The summed E-state index contributed by atoms with van der Waals surface area (Å²) in [5.74, 6) is -1.92. The maximum Gasteiger partial charge on any atom is 0.425 e. The first-order chi connectivity index (χ1) is 10.8. The normalized spacial score (nSPS) is 11.3. The van der Waals surface area contributed by atoms with E-state index in [-0.39, 0.29) is 17.2 Å². The third kappa shape index (κ3) is 4.70. The van der Waals surface area contributed by atoms with E-state index >= 15 is 0 Å². The van der Waals surface area contributed by atoms with Gasteiger partial charge in [0.15, 0.2) is 6.04 Å². The maximum atomic E-state index is 14.1. The standard InChI is InChI=1S/C13H13Cl2FN2O5/c1-3-23-11(19)10(9-7(14)5-4-6-8(9)16)18(12(15)20)17-13(21)22-2/h4-6,10H,3H2,1-2H3,(H,17,21). The SMILES string of the molecule is CCOC(=O)C(c1c(F)cccc1Cl)N(NC(=O)OC)C(=O)Cl. The lowest BCUT2D eigenvalue weighted by Gasteiger charge is -2.28. The van der Waals surface area contributed by atoms with Crippen LogP contribution in [0, 0.1) is 5.82 Å². The third-order valence-electron chi connectivity index (χ3n) is 2.63. The van der Waals surface area contributed by atoms with Gasteiger partial charge in [0, 0.05) is 10.6 Å². The van der Waals surface area contributed by atoms with E-state index in [1.54, 1.807) is 0 Å². The van der Waals surface area contributed by atoms with Crippen LogP contribution in [-0.2, 0) is 14.3 Å². The van der Waals surface area contributed by atoms with E-state index < -0.39 is 29.3 Å². The number of methoxy groups -OCH3 is 1. The lowest BCUT2D eigenvalue weighted by molar-refractivity contribution is -0.149. The molecule has 0 aliphatic rings. The largest absolute Gasteiger partial charge is 0.464 e. The minimum Gasteiger partial charge on any atom is -0.464 e. The molecule has 0 heterocycles. The zero-order chi connectivity index (χ0) is 17.6. The van der Waals surface area contributed by atoms with Crippen LogP contribution in [0.4, 0.5) is 14.0 Å². The third-order valence-corrected chi connectivity index (χ3v) is 3.14. The summed E-state index contributed by atoms with van der Waals surface area (Å²) in [5, 5.41) is -1.05. The Balaban J connectivity index is 3.41. The highest BCUT2D eigenvalue weighted by molar-refractivity contribution is 6.63. The molecule has 0 saturated heterocycles. The van der Waals surface area contributed by atoms with Crippen molar-refractivity contribution in [1.29, 1.82) is 0 Å². The number of halogens is 3. The molecule has 0 bridgehead atoms. The van der Waals surface area contributed by atoms with Gasteiger partial charge >= 0.3 is 17.4 Å². The van der Waals surface area contributed by atoms with Crippen LogP contribution in [0.2, 0.25) is 5.02 Å². The molecule has 1 rings (SSSR count). The number of nitrogens with zero attached hydrogens (tertiary/aromatic N) is 1. The molecular formula is C13H13Cl2FN2O5. The van der Waals surface area contributed by atoms with Gasteiger partial charge in [-0.15, -0.1) is 0 Å². The number of esters is 1. The summed E-state index contributed by atoms with van der Waals surface area (Å²) in [6.45, 7) is 1.46. The Labute approximate surface area is 141 Å². The smallest absolute Gasteiger partial charge is 0.425 e. The van der Waals surface area contributed by atoms with E-state index in [4.69, 9.17) is 27.9 Å². The monoisotopic (exact) mass is 366 g/mol. The van der Waals surface area contributed by atoms with E-state index in [2.05, 4.69) is 4.74 Å². The van der Waals surface area contributed by atoms with Gasteiger partial charge in [0.25, 0.3) is 0 Å². The van der Waals surface area contributed by atoms with Gasteiger partial charge in [0.1, 0.15) is 5.82 Å². The minimum absolute atomic E-state index is 0.0516. The number of carbonyl (C=O) groups excluding carboxylic acids is 3.